The number of rotatable bonds is 1. The fraction of sp³-hybridized carbons (Fsp3) is 0.455. The molecule has 5 heteroatoms. The zero-order valence-corrected chi connectivity index (χ0v) is 11.1. The Balaban J connectivity index is 1.93. The molecule has 2 amide bonds. The number of nitrogens with one attached hydrogen (secondary N) is 1. The van der Waals surface area contributed by atoms with Gasteiger partial charge >= 0.3 is 6.03 Å². The number of pyridine rings is 1. The smallest absolute Gasteiger partial charge is 0.323 e. The molecule has 2 rings (SSSR count). The summed E-state index contributed by atoms with van der Waals surface area (Å²) in [5, 5.41) is 2.81. The number of carbonyl (C=O) groups is 1. The number of urea groups is 1. The third kappa shape index (κ3) is 3.07. The van der Waals surface area contributed by atoms with Crippen molar-refractivity contribution >= 4 is 34.4 Å². The maximum absolute atomic E-state index is 11.8. The van der Waals surface area contributed by atoms with Crippen LogP contribution in [-0.4, -0.2) is 29.0 Å². The average Bonchev–Trinajstić information content (AvgIpc) is 2.33. The molecule has 16 heavy (non-hydrogen) atoms. The molecule has 0 spiro atoms. The van der Waals surface area contributed by atoms with E-state index >= 15 is 0 Å². The van der Waals surface area contributed by atoms with Gasteiger partial charge in [-0.05, 0) is 54.0 Å². The Morgan fingerprint density at radius 3 is 2.69 bits per heavy atom. The zero-order valence-electron chi connectivity index (χ0n) is 8.95. The summed E-state index contributed by atoms with van der Waals surface area (Å²) < 4.78 is 1.06. The van der Waals surface area contributed by atoms with Crippen LogP contribution in [-0.2, 0) is 0 Å². The number of piperidine rings is 1. The first-order chi connectivity index (χ1) is 7.75. The van der Waals surface area contributed by atoms with Crippen molar-refractivity contribution in [2.75, 3.05) is 18.4 Å². The lowest BCUT2D eigenvalue weighted by molar-refractivity contribution is 0.200. The van der Waals surface area contributed by atoms with E-state index in [0.29, 0.717) is 5.82 Å². The van der Waals surface area contributed by atoms with Gasteiger partial charge in [0, 0.05) is 22.9 Å². The minimum Gasteiger partial charge on any atom is -0.325 e. The van der Waals surface area contributed by atoms with Gasteiger partial charge in [-0.2, -0.15) is 0 Å². The first-order valence-electron chi connectivity index (χ1n) is 5.43. The van der Waals surface area contributed by atoms with Crippen LogP contribution in [0.2, 0.25) is 0 Å². The van der Waals surface area contributed by atoms with Crippen LogP contribution < -0.4 is 5.32 Å². The third-order valence-corrected chi connectivity index (χ3v) is 3.24. The van der Waals surface area contributed by atoms with Gasteiger partial charge in [0.15, 0.2) is 0 Å². The Morgan fingerprint density at radius 2 is 2.06 bits per heavy atom. The highest BCUT2D eigenvalue weighted by Gasteiger charge is 2.16. The highest BCUT2D eigenvalue weighted by Crippen LogP contribution is 2.11. The molecule has 1 saturated heterocycles. The summed E-state index contributed by atoms with van der Waals surface area (Å²) in [6.45, 7) is 1.71. The first-order valence-corrected chi connectivity index (χ1v) is 6.51. The molecule has 1 aromatic rings. The zero-order chi connectivity index (χ0) is 11.4. The number of aromatic nitrogens is 1. The number of likely N-dealkylation sites (tertiary alicyclic amines) is 1. The van der Waals surface area contributed by atoms with Gasteiger partial charge in [-0.3, -0.25) is 5.32 Å². The summed E-state index contributed by atoms with van der Waals surface area (Å²) in [6.07, 6.45) is 5.18. The van der Waals surface area contributed by atoms with Crippen molar-refractivity contribution in [2.45, 2.75) is 19.3 Å². The average molecular weight is 331 g/mol. The van der Waals surface area contributed by atoms with Crippen molar-refractivity contribution in [3.05, 3.63) is 21.9 Å². The molecule has 0 unspecified atom stereocenters. The van der Waals surface area contributed by atoms with Crippen molar-refractivity contribution in [3.8, 4) is 0 Å². The minimum atomic E-state index is -0.0339. The summed E-state index contributed by atoms with van der Waals surface area (Å²) in [5.74, 6) is 0.621. The van der Waals surface area contributed by atoms with Crippen LogP contribution in [0.5, 0.6) is 0 Å². The first kappa shape index (κ1) is 11.6. The van der Waals surface area contributed by atoms with Gasteiger partial charge in [0.25, 0.3) is 0 Å². The van der Waals surface area contributed by atoms with Gasteiger partial charge in [0.1, 0.15) is 5.82 Å². The number of hydrogen-bond donors (Lipinski definition) is 1. The Hall–Kier alpha value is -0.850. The fourth-order valence-electron chi connectivity index (χ4n) is 1.74. The van der Waals surface area contributed by atoms with E-state index in [4.69, 9.17) is 0 Å². The van der Waals surface area contributed by atoms with Crippen LogP contribution in [0, 0.1) is 3.57 Å². The summed E-state index contributed by atoms with van der Waals surface area (Å²) in [5.41, 5.74) is 0. The van der Waals surface area contributed by atoms with E-state index in [0.717, 1.165) is 29.5 Å². The second kappa shape index (κ2) is 5.47. The van der Waals surface area contributed by atoms with Crippen molar-refractivity contribution in [2.24, 2.45) is 0 Å². The molecule has 0 bridgehead atoms. The molecule has 4 nitrogen and oxygen atoms in total. The molecular formula is C11H14IN3O. The molecule has 0 aliphatic carbocycles. The fourth-order valence-corrected chi connectivity index (χ4v) is 2.05. The van der Waals surface area contributed by atoms with Gasteiger partial charge in [0.2, 0.25) is 0 Å². The van der Waals surface area contributed by atoms with Crippen LogP contribution in [0.15, 0.2) is 18.3 Å². The lowest BCUT2D eigenvalue weighted by atomic mass is 10.1. The lowest BCUT2D eigenvalue weighted by Crippen LogP contribution is -2.38. The van der Waals surface area contributed by atoms with Crippen LogP contribution in [0.25, 0.3) is 0 Å². The van der Waals surface area contributed by atoms with Crippen LogP contribution in [0.3, 0.4) is 0 Å². The van der Waals surface area contributed by atoms with Crippen LogP contribution in [0.1, 0.15) is 19.3 Å². The van der Waals surface area contributed by atoms with Crippen LogP contribution in [0.4, 0.5) is 10.6 Å². The molecule has 0 radical (unpaired) electrons. The Bertz CT molecular complexity index is 360. The van der Waals surface area contributed by atoms with E-state index in [1.54, 1.807) is 6.20 Å². The highest BCUT2D eigenvalue weighted by molar-refractivity contribution is 14.1. The molecule has 1 aliphatic heterocycles. The molecule has 1 aromatic heterocycles. The Labute approximate surface area is 109 Å². The van der Waals surface area contributed by atoms with E-state index in [1.165, 1.54) is 6.42 Å². The predicted octanol–water partition coefficient (Wildman–Crippen LogP) is 2.70. The van der Waals surface area contributed by atoms with Crippen LogP contribution >= 0.6 is 22.6 Å². The monoisotopic (exact) mass is 331 g/mol. The van der Waals surface area contributed by atoms with E-state index in [1.807, 2.05) is 17.0 Å². The third-order valence-electron chi connectivity index (χ3n) is 2.61. The minimum absolute atomic E-state index is 0.0339. The number of carbonyl (C=O) groups excluding carboxylic acids is 1. The molecule has 0 aromatic carbocycles. The predicted molar refractivity (Wildman–Crippen MR) is 71.4 cm³/mol. The summed E-state index contributed by atoms with van der Waals surface area (Å²) in [7, 11) is 0. The number of halogens is 1. The van der Waals surface area contributed by atoms with Gasteiger partial charge in [-0.1, -0.05) is 0 Å². The van der Waals surface area contributed by atoms with Gasteiger partial charge in [-0.15, -0.1) is 0 Å². The Kier molecular flexibility index (Phi) is 3.98. The quantitative estimate of drug-likeness (QED) is 0.805. The van der Waals surface area contributed by atoms with E-state index in [-0.39, 0.29) is 6.03 Å². The summed E-state index contributed by atoms with van der Waals surface area (Å²) in [6, 6.07) is 3.72. The normalized spacial score (nSPS) is 15.9. The van der Waals surface area contributed by atoms with E-state index in [2.05, 4.69) is 32.9 Å². The lowest BCUT2D eigenvalue weighted by Gasteiger charge is -2.26. The maximum atomic E-state index is 11.8. The topological polar surface area (TPSA) is 45.2 Å². The van der Waals surface area contributed by atoms with Gasteiger partial charge in [0.05, 0.1) is 0 Å². The second-order valence-corrected chi connectivity index (χ2v) is 5.09. The SMILES string of the molecule is O=C(Nc1ccc(I)cn1)N1CCCCC1. The van der Waals surface area contributed by atoms with Crippen molar-refractivity contribution in [1.82, 2.24) is 9.88 Å². The molecule has 0 atom stereocenters. The van der Waals surface area contributed by atoms with Crippen molar-refractivity contribution < 1.29 is 4.79 Å². The molecule has 1 fully saturated rings. The number of hydrogen-bond acceptors (Lipinski definition) is 2. The van der Waals surface area contributed by atoms with Crippen molar-refractivity contribution in [3.63, 3.8) is 0 Å². The number of amides is 2. The molecule has 86 valence electrons. The standard InChI is InChI=1S/C11H14IN3O/c12-9-4-5-10(13-8-9)14-11(16)15-6-2-1-3-7-15/h4-5,8H,1-3,6-7H2,(H,13,14,16). The molecular weight excluding hydrogens is 317 g/mol. The molecule has 1 N–H and O–H groups in total. The highest BCUT2D eigenvalue weighted by atomic mass is 127. The number of nitrogens with zero attached hydrogens (tertiary/aromatic N) is 2. The molecule has 1 aliphatic rings. The summed E-state index contributed by atoms with van der Waals surface area (Å²) >= 11 is 2.19. The van der Waals surface area contributed by atoms with E-state index in [9.17, 15) is 4.79 Å². The Morgan fingerprint density at radius 1 is 1.31 bits per heavy atom. The molecule has 0 saturated carbocycles. The van der Waals surface area contributed by atoms with E-state index < -0.39 is 0 Å². The maximum Gasteiger partial charge on any atom is 0.323 e. The largest absolute Gasteiger partial charge is 0.325 e. The second-order valence-electron chi connectivity index (χ2n) is 3.84. The van der Waals surface area contributed by atoms with Gasteiger partial charge < -0.3 is 4.90 Å². The molecule has 2 heterocycles. The number of anilines is 1. The summed E-state index contributed by atoms with van der Waals surface area (Å²) in [4.78, 5) is 17.8. The van der Waals surface area contributed by atoms with Crippen molar-refractivity contribution in [1.29, 1.82) is 0 Å². The van der Waals surface area contributed by atoms with Gasteiger partial charge in [-0.25, -0.2) is 9.78 Å².